The summed E-state index contributed by atoms with van der Waals surface area (Å²) >= 11 is 0. The van der Waals surface area contributed by atoms with Crippen molar-refractivity contribution < 1.29 is 42.9 Å². The minimum absolute atomic E-state index is 0.0177. The van der Waals surface area contributed by atoms with Gasteiger partial charge < -0.3 is 36.0 Å². The Hall–Kier alpha value is -3.88. The van der Waals surface area contributed by atoms with Gasteiger partial charge in [-0.2, -0.15) is 4.31 Å². The van der Waals surface area contributed by atoms with E-state index in [1.807, 2.05) is 32.0 Å². The summed E-state index contributed by atoms with van der Waals surface area (Å²) in [4.78, 5) is 38.6. The topological polar surface area (TPSA) is 195 Å². The second-order valence-electron chi connectivity index (χ2n) is 13.8. The third kappa shape index (κ3) is 11.4. The van der Waals surface area contributed by atoms with Crippen LogP contribution in [0.25, 0.3) is 0 Å². The van der Waals surface area contributed by atoms with Crippen LogP contribution in [0.1, 0.15) is 65.9 Å². The maximum atomic E-state index is 13.8. The molecule has 2 aromatic carbocycles. The fraction of sp³-hybridized carbons (Fsp3) is 0.559. The lowest BCUT2D eigenvalue weighted by Crippen LogP contribution is -2.59. The second kappa shape index (κ2) is 17.0. The normalized spacial score (nSPS) is 15.9. The molecule has 14 heteroatoms. The van der Waals surface area contributed by atoms with Crippen LogP contribution in [0.5, 0.6) is 11.5 Å². The quantitative estimate of drug-likeness (QED) is 0.152. The summed E-state index contributed by atoms with van der Waals surface area (Å²) in [6.07, 6.45) is 1.38. The first kappa shape index (κ1) is 38.6. The Morgan fingerprint density at radius 2 is 1.60 bits per heavy atom. The molecule has 0 saturated heterocycles. The van der Waals surface area contributed by atoms with Gasteiger partial charge in [-0.05, 0) is 61.1 Å². The summed E-state index contributed by atoms with van der Waals surface area (Å²) in [5.41, 5.74) is -0.0230. The monoisotopic (exact) mass is 690 g/mol. The standard InChI is InChI=1S/C34H50N4O9S/c1-22(2)20-38(48(45,46)25-15-16-27(39)28(40)18-25)21-29(41)26(17-23-11-7-6-8-12-23)36-32(43)31(34(3,4)5)37-30(42)19-35-33(44)47-24-13-9-10-14-24/h6-8,11-12,15-16,18,22,24,26,29,31,39-41H,9-10,13-14,17,19-21H2,1-5H3,(H,35,44)(H,36,43)(H,37,42)/t26-,29+,31+/m0/s1. The number of hydrogen-bond acceptors (Lipinski definition) is 9. The van der Waals surface area contributed by atoms with E-state index in [1.54, 1.807) is 32.9 Å². The molecule has 0 unspecified atom stereocenters. The zero-order valence-electron chi connectivity index (χ0n) is 28.3. The van der Waals surface area contributed by atoms with E-state index in [1.165, 1.54) is 0 Å². The van der Waals surface area contributed by atoms with Crippen LogP contribution in [0, 0.1) is 11.3 Å². The molecular formula is C34H50N4O9S. The van der Waals surface area contributed by atoms with Gasteiger partial charge in [0.1, 0.15) is 18.7 Å². The molecule has 1 aliphatic carbocycles. The highest BCUT2D eigenvalue weighted by atomic mass is 32.2. The molecule has 3 atom stereocenters. The first-order valence-corrected chi connectivity index (χ1v) is 17.7. The van der Waals surface area contributed by atoms with Gasteiger partial charge in [-0.15, -0.1) is 0 Å². The van der Waals surface area contributed by atoms with Crippen molar-refractivity contribution >= 4 is 27.9 Å². The lowest BCUT2D eigenvalue weighted by molar-refractivity contribution is -0.132. The number of aliphatic hydroxyl groups excluding tert-OH is 1. The number of aliphatic hydroxyl groups is 1. The zero-order chi connectivity index (χ0) is 35.6. The van der Waals surface area contributed by atoms with Crippen LogP contribution in [0.2, 0.25) is 0 Å². The van der Waals surface area contributed by atoms with Crippen LogP contribution in [0.15, 0.2) is 53.4 Å². The predicted octanol–water partition coefficient (Wildman–Crippen LogP) is 3.03. The summed E-state index contributed by atoms with van der Waals surface area (Å²) in [6.45, 7) is 8.10. The number of ether oxygens (including phenoxy) is 1. The molecule has 0 heterocycles. The third-order valence-corrected chi connectivity index (χ3v) is 9.87. The molecule has 1 saturated carbocycles. The van der Waals surface area contributed by atoms with Crippen molar-refractivity contribution in [3.05, 3.63) is 54.1 Å². The van der Waals surface area contributed by atoms with E-state index in [2.05, 4.69) is 16.0 Å². The average molecular weight is 691 g/mol. The van der Waals surface area contributed by atoms with Crippen LogP contribution in [0.4, 0.5) is 4.79 Å². The molecule has 13 nitrogen and oxygen atoms in total. The molecule has 3 rings (SSSR count). The number of sulfonamides is 1. The maximum Gasteiger partial charge on any atom is 0.407 e. The van der Waals surface area contributed by atoms with Gasteiger partial charge in [-0.25, -0.2) is 13.2 Å². The minimum atomic E-state index is -4.25. The number of hydrogen-bond donors (Lipinski definition) is 6. The van der Waals surface area contributed by atoms with E-state index in [0.717, 1.165) is 53.8 Å². The number of carbonyl (C=O) groups is 3. The second-order valence-corrected chi connectivity index (χ2v) is 15.7. The van der Waals surface area contributed by atoms with E-state index in [4.69, 9.17) is 4.74 Å². The highest BCUT2D eigenvalue weighted by Crippen LogP contribution is 2.29. The van der Waals surface area contributed by atoms with Crippen molar-refractivity contribution in [2.75, 3.05) is 19.6 Å². The van der Waals surface area contributed by atoms with Gasteiger partial charge in [0.15, 0.2) is 11.5 Å². The maximum absolute atomic E-state index is 13.8. The van der Waals surface area contributed by atoms with Gasteiger partial charge >= 0.3 is 6.09 Å². The Bertz CT molecular complexity index is 1490. The number of alkyl carbamates (subject to hydrolysis) is 1. The molecule has 3 amide bonds. The molecule has 48 heavy (non-hydrogen) atoms. The molecule has 2 aromatic rings. The van der Waals surface area contributed by atoms with Gasteiger partial charge in [0.25, 0.3) is 0 Å². The van der Waals surface area contributed by atoms with Crippen molar-refractivity contribution in [2.24, 2.45) is 11.3 Å². The lowest BCUT2D eigenvalue weighted by atomic mass is 9.85. The van der Waals surface area contributed by atoms with Crippen LogP contribution >= 0.6 is 0 Å². The molecule has 0 aliphatic heterocycles. The van der Waals surface area contributed by atoms with Crippen molar-refractivity contribution in [3.8, 4) is 11.5 Å². The lowest BCUT2D eigenvalue weighted by Gasteiger charge is -2.34. The zero-order valence-corrected chi connectivity index (χ0v) is 29.1. The molecule has 1 fully saturated rings. The summed E-state index contributed by atoms with van der Waals surface area (Å²) in [7, 11) is -4.25. The Morgan fingerprint density at radius 3 is 2.19 bits per heavy atom. The van der Waals surface area contributed by atoms with E-state index in [-0.39, 0.29) is 29.9 Å². The molecule has 0 spiro atoms. The number of benzene rings is 2. The number of amides is 3. The van der Waals surface area contributed by atoms with Crippen molar-refractivity contribution in [2.45, 2.75) is 95.9 Å². The van der Waals surface area contributed by atoms with Gasteiger partial charge in [0.05, 0.1) is 17.0 Å². The van der Waals surface area contributed by atoms with Crippen molar-refractivity contribution in [3.63, 3.8) is 0 Å². The van der Waals surface area contributed by atoms with Crippen LogP contribution in [0.3, 0.4) is 0 Å². The van der Waals surface area contributed by atoms with Crippen LogP contribution in [-0.4, -0.2) is 89.9 Å². The van der Waals surface area contributed by atoms with Gasteiger partial charge in [-0.3, -0.25) is 9.59 Å². The van der Waals surface area contributed by atoms with Crippen LogP contribution < -0.4 is 16.0 Å². The molecule has 0 aromatic heterocycles. The third-order valence-electron chi connectivity index (χ3n) is 8.04. The summed E-state index contributed by atoms with van der Waals surface area (Å²) in [6, 6.07) is 10.1. The highest BCUT2D eigenvalue weighted by molar-refractivity contribution is 7.89. The largest absolute Gasteiger partial charge is 0.504 e. The molecule has 266 valence electrons. The number of nitrogens with zero attached hydrogens (tertiary/aromatic N) is 1. The van der Waals surface area contributed by atoms with Gasteiger partial charge in [0.2, 0.25) is 21.8 Å². The molecule has 0 radical (unpaired) electrons. The Kier molecular flexibility index (Phi) is 13.6. The predicted molar refractivity (Wildman–Crippen MR) is 180 cm³/mol. The van der Waals surface area contributed by atoms with Gasteiger partial charge in [0, 0.05) is 19.2 Å². The Morgan fingerprint density at radius 1 is 0.958 bits per heavy atom. The fourth-order valence-electron chi connectivity index (χ4n) is 5.48. The molecule has 6 N–H and O–H groups in total. The fourth-order valence-corrected chi connectivity index (χ4v) is 7.13. The number of nitrogens with one attached hydrogen (secondary N) is 3. The van der Waals surface area contributed by atoms with E-state index in [9.17, 15) is 38.1 Å². The molecule has 0 bridgehead atoms. The number of aromatic hydroxyl groups is 2. The first-order chi connectivity index (χ1) is 22.5. The van der Waals surface area contributed by atoms with E-state index >= 15 is 0 Å². The Balaban J connectivity index is 1.80. The van der Waals surface area contributed by atoms with E-state index < -0.39 is 76.1 Å². The smallest absolute Gasteiger partial charge is 0.407 e. The molecular weight excluding hydrogens is 640 g/mol. The Labute approximate surface area is 283 Å². The van der Waals surface area contributed by atoms with Gasteiger partial charge in [-0.1, -0.05) is 65.0 Å². The number of carbonyl (C=O) groups excluding carboxylic acids is 3. The number of rotatable bonds is 15. The summed E-state index contributed by atoms with van der Waals surface area (Å²) in [5.74, 6) is -2.45. The highest BCUT2D eigenvalue weighted by Gasteiger charge is 2.37. The molecule has 1 aliphatic rings. The number of phenols is 2. The summed E-state index contributed by atoms with van der Waals surface area (Å²) in [5, 5.41) is 39.2. The van der Waals surface area contributed by atoms with E-state index in [0.29, 0.717) is 0 Å². The SMILES string of the molecule is CC(C)CN(C[C@@H](O)[C@H](Cc1ccccc1)NC(=O)[C@@H](NC(=O)CNC(=O)OC1CCCC1)C(C)(C)C)S(=O)(=O)c1ccc(O)c(O)c1. The first-order valence-electron chi connectivity index (χ1n) is 16.3. The minimum Gasteiger partial charge on any atom is -0.504 e. The van der Waals surface area contributed by atoms with Crippen molar-refractivity contribution in [1.29, 1.82) is 0 Å². The van der Waals surface area contributed by atoms with Crippen LogP contribution in [-0.2, 0) is 30.8 Å². The summed E-state index contributed by atoms with van der Waals surface area (Å²) < 4.78 is 33.8. The number of phenolic OH excluding ortho intramolecular Hbond substituents is 2. The average Bonchev–Trinajstić information content (AvgIpc) is 3.52. The van der Waals surface area contributed by atoms with Crippen molar-refractivity contribution in [1.82, 2.24) is 20.3 Å².